The maximum Gasteiger partial charge on any atom is 0.322 e. The molecule has 4 rings (SSSR count). The molecule has 2 fully saturated rings. The van der Waals surface area contributed by atoms with Crippen molar-refractivity contribution in [3.8, 4) is 0 Å². The largest absolute Gasteiger partial charge is 0.323 e. The molecule has 0 radical (unpaired) electrons. The Hall–Kier alpha value is -1.92. The van der Waals surface area contributed by atoms with Crippen LogP contribution in [0.2, 0.25) is 0 Å². The molecule has 2 aliphatic rings. The SMILES string of the molecule is CC1(C2CCN(Cc3cc4ccccc4s3)CC2)NC(=O)NC1=O. The normalized spacial score (nSPS) is 25.9. The Morgan fingerprint density at radius 2 is 2.00 bits per heavy atom. The average Bonchev–Trinajstić information content (AvgIpc) is 3.08. The number of nitrogens with one attached hydrogen (secondary N) is 2. The molecular formula is C18H21N3O2S. The van der Waals surface area contributed by atoms with Crippen LogP contribution >= 0.6 is 11.3 Å². The van der Waals surface area contributed by atoms with E-state index in [1.54, 1.807) is 0 Å². The van der Waals surface area contributed by atoms with Gasteiger partial charge in [0.15, 0.2) is 0 Å². The van der Waals surface area contributed by atoms with Crippen molar-refractivity contribution in [2.45, 2.75) is 31.8 Å². The highest BCUT2D eigenvalue weighted by Crippen LogP contribution is 2.32. The van der Waals surface area contributed by atoms with Crippen molar-refractivity contribution in [3.63, 3.8) is 0 Å². The lowest BCUT2D eigenvalue weighted by atomic mass is 9.79. The first-order valence-electron chi connectivity index (χ1n) is 8.38. The van der Waals surface area contributed by atoms with E-state index >= 15 is 0 Å². The molecule has 1 aromatic heterocycles. The van der Waals surface area contributed by atoms with E-state index in [9.17, 15) is 9.59 Å². The van der Waals surface area contributed by atoms with Crippen molar-refractivity contribution in [3.05, 3.63) is 35.2 Å². The molecule has 24 heavy (non-hydrogen) atoms. The number of urea groups is 1. The van der Waals surface area contributed by atoms with Gasteiger partial charge in [-0.05, 0) is 56.3 Å². The molecule has 3 amide bonds. The lowest BCUT2D eigenvalue weighted by molar-refractivity contribution is -0.125. The lowest BCUT2D eigenvalue weighted by Crippen LogP contribution is -2.53. The van der Waals surface area contributed by atoms with Gasteiger partial charge in [-0.1, -0.05) is 18.2 Å². The van der Waals surface area contributed by atoms with E-state index < -0.39 is 5.54 Å². The van der Waals surface area contributed by atoms with Crippen molar-refractivity contribution >= 4 is 33.4 Å². The van der Waals surface area contributed by atoms with Crippen molar-refractivity contribution < 1.29 is 9.59 Å². The number of piperidine rings is 1. The Morgan fingerprint density at radius 1 is 1.25 bits per heavy atom. The molecule has 2 N–H and O–H groups in total. The molecule has 0 bridgehead atoms. The van der Waals surface area contributed by atoms with Crippen LogP contribution in [0.5, 0.6) is 0 Å². The van der Waals surface area contributed by atoms with E-state index in [1.165, 1.54) is 15.0 Å². The Labute approximate surface area is 145 Å². The number of thiophene rings is 1. The highest BCUT2D eigenvalue weighted by molar-refractivity contribution is 7.19. The number of hydrogen-bond acceptors (Lipinski definition) is 4. The summed E-state index contributed by atoms with van der Waals surface area (Å²) in [6.45, 7) is 4.72. The quantitative estimate of drug-likeness (QED) is 0.843. The van der Waals surface area contributed by atoms with Crippen LogP contribution in [0.4, 0.5) is 4.79 Å². The van der Waals surface area contributed by atoms with E-state index in [1.807, 2.05) is 18.3 Å². The van der Waals surface area contributed by atoms with Crippen molar-refractivity contribution in [1.82, 2.24) is 15.5 Å². The number of amides is 3. The predicted molar refractivity (Wildman–Crippen MR) is 94.9 cm³/mol. The molecule has 5 nitrogen and oxygen atoms in total. The second kappa shape index (κ2) is 5.86. The number of nitrogens with zero attached hydrogens (tertiary/aromatic N) is 1. The van der Waals surface area contributed by atoms with Crippen molar-refractivity contribution in [2.24, 2.45) is 5.92 Å². The van der Waals surface area contributed by atoms with Gasteiger partial charge in [0.1, 0.15) is 5.54 Å². The van der Waals surface area contributed by atoms with Crippen LogP contribution in [-0.4, -0.2) is 35.5 Å². The summed E-state index contributed by atoms with van der Waals surface area (Å²) in [6.07, 6.45) is 1.85. The summed E-state index contributed by atoms with van der Waals surface area (Å²) in [5.74, 6) is 0.0121. The van der Waals surface area contributed by atoms with E-state index in [0.29, 0.717) is 0 Å². The maximum absolute atomic E-state index is 12.1. The Morgan fingerprint density at radius 3 is 2.67 bits per heavy atom. The van der Waals surface area contributed by atoms with Gasteiger partial charge < -0.3 is 5.32 Å². The fraction of sp³-hybridized carbons (Fsp3) is 0.444. The minimum absolute atomic E-state index is 0.185. The van der Waals surface area contributed by atoms with Gasteiger partial charge in [0.25, 0.3) is 5.91 Å². The number of imide groups is 1. The van der Waals surface area contributed by atoms with Crippen LogP contribution < -0.4 is 10.6 Å². The van der Waals surface area contributed by atoms with Crippen LogP contribution in [0.25, 0.3) is 10.1 Å². The summed E-state index contributed by atoms with van der Waals surface area (Å²) in [6, 6.07) is 10.4. The van der Waals surface area contributed by atoms with E-state index in [0.717, 1.165) is 32.5 Å². The molecule has 0 spiro atoms. The van der Waals surface area contributed by atoms with Crippen molar-refractivity contribution in [1.29, 1.82) is 0 Å². The first kappa shape index (κ1) is 15.6. The van der Waals surface area contributed by atoms with Gasteiger partial charge in [-0.25, -0.2) is 4.79 Å². The molecule has 126 valence electrons. The fourth-order valence-electron chi connectivity index (χ4n) is 3.85. The summed E-state index contributed by atoms with van der Waals surface area (Å²) in [7, 11) is 0. The third kappa shape index (κ3) is 2.70. The number of hydrogen-bond donors (Lipinski definition) is 2. The van der Waals surface area contributed by atoms with Crippen LogP contribution in [0.1, 0.15) is 24.6 Å². The molecule has 0 aliphatic carbocycles. The van der Waals surface area contributed by atoms with Gasteiger partial charge in [0, 0.05) is 16.1 Å². The smallest absolute Gasteiger partial charge is 0.322 e. The second-order valence-electron chi connectivity index (χ2n) is 6.91. The van der Waals surface area contributed by atoms with Gasteiger partial charge in [0.05, 0.1) is 0 Å². The molecule has 2 aliphatic heterocycles. The summed E-state index contributed by atoms with van der Waals surface area (Å²) in [5.41, 5.74) is -0.749. The average molecular weight is 343 g/mol. The third-order valence-corrected chi connectivity index (χ3v) is 6.43. The number of carbonyl (C=O) groups excluding carboxylic acids is 2. The summed E-state index contributed by atoms with van der Waals surface area (Å²) in [5, 5.41) is 6.50. The second-order valence-corrected chi connectivity index (χ2v) is 8.08. The van der Waals surface area contributed by atoms with Gasteiger partial charge in [-0.2, -0.15) is 0 Å². The molecule has 1 atom stereocenters. The Bertz CT molecular complexity index is 761. The summed E-state index contributed by atoms with van der Waals surface area (Å²) < 4.78 is 1.33. The molecule has 2 aromatic rings. The molecule has 1 unspecified atom stereocenters. The molecule has 1 aromatic carbocycles. The molecule has 2 saturated heterocycles. The standard InChI is InChI=1S/C18H21N3O2S/c1-18(16(22)19-17(23)20-18)13-6-8-21(9-7-13)11-14-10-12-4-2-3-5-15(12)24-14/h2-5,10,13H,6-9,11H2,1H3,(H2,19,20,22,23). The Kier molecular flexibility index (Phi) is 3.81. The van der Waals surface area contributed by atoms with Crippen LogP contribution in [-0.2, 0) is 11.3 Å². The first-order valence-corrected chi connectivity index (χ1v) is 9.20. The monoisotopic (exact) mass is 343 g/mol. The minimum atomic E-state index is -0.749. The Balaban J connectivity index is 1.39. The lowest BCUT2D eigenvalue weighted by Gasteiger charge is -2.38. The third-order valence-electron chi connectivity index (χ3n) is 5.33. The highest BCUT2D eigenvalue weighted by Gasteiger charge is 2.48. The molecule has 3 heterocycles. The zero-order chi connectivity index (χ0) is 16.7. The first-order chi connectivity index (χ1) is 11.5. The zero-order valence-electron chi connectivity index (χ0n) is 13.7. The predicted octanol–water partition coefficient (Wildman–Crippen LogP) is 2.71. The topological polar surface area (TPSA) is 61.4 Å². The highest BCUT2D eigenvalue weighted by atomic mass is 32.1. The van der Waals surface area contributed by atoms with Gasteiger partial charge in [-0.15, -0.1) is 11.3 Å². The molecular weight excluding hydrogens is 322 g/mol. The number of likely N-dealkylation sites (tertiary alicyclic amines) is 1. The zero-order valence-corrected chi connectivity index (χ0v) is 14.5. The van der Waals surface area contributed by atoms with Crippen molar-refractivity contribution in [2.75, 3.05) is 13.1 Å². The molecule has 6 heteroatoms. The minimum Gasteiger partial charge on any atom is -0.323 e. The van der Waals surface area contributed by atoms with Crippen LogP contribution in [0.15, 0.2) is 30.3 Å². The maximum atomic E-state index is 12.1. The summed E-state index contributed by atoms with van der Waals surface area (Å²) >= 11 is 1.85. The number of benzene rings is 1. The summed E-state index contributed by atoms with van der Waals surface area (Å²) in [4.78, 5) is 27.3. The van der Waals surface area contributed by atoms with Crippen LogP contribution in [0, 0.1) is 5.92 Å². The van der Waals surface area contributed by atoms with Crippen LogP contribution in [0.3, 0.4) is 0 Å². The molecule has 0 saturated carbocycles. The number of fused-ring (bicyclic) bond motifs is 1. The fourth-order valence-corrected chi connectivity index (χ4v) is 4.95. The van der Waals surface area contributed by atoms with E-state index in [-0.39, 0.29) is 17.9 Å². The van der Waals surface area contributed by atoms with Gasteiger partial charge in [0.2, 0.25) is 0 Å². The van der Waals surface area contributed by atoms with E-state index in [2.05, 4.69) is 45.9 Å². The number of carbonyl (C=O) groups is 2. The van der Waals surface area contributed by atoms with Gasteiger partial charge >= 0.3 is 6.03 Å². The van der Waals surface area contributed by atoms with Gasteiger partial charge in [-0.3, -0.25) is 15.0 Å². The van der Waals surface area contributed by atoms with E-state index in [4.69, 9.17) is 0 Å². The number of rotatable bonds is 3.